The lowest BCUT2D eigenvalue weighted by Crippen LogP contribution is -2.35. The molecule has 1 aromatic heterocycles. The third kappa shape index (κ3) is 2.95. The zero-order chi connectivity index (χ0) is 18.6. The predicted octanol–water partition coefficient (Wildman–Crippen LogP) is 3.44. The molecule has 1 unspecified atom stereocenters. The van der Waals surface area contributed by atoms with Crippen LogP contribution in [-0.4, -0.2) is 34.2 Å². The molecule has 0 amide bonds. The minimum atomic E-state index is -0.770. The van der Waals surface area contributed by atoms with E-state index in [1.165, 1.54) is 11.1 Å². The van der Waals surface area contributed by atoms with Gasteiger partial charge in [0.25, 0.3) is 0 Å². The fraction of sp³-hybridized carbons (Fsp3) is 0.522. The number of aliphatic hydroxyl groups is 1. The summed E-state index contributed by atoms with van der Waals surface area (Å²) in [5.74, 6) is 1.89. The largest absolute Gasteiger partial charge is 0.490 e. The van der Waals surface area contributed by atoms with Gasteiger partial charge in [-0.1, -0.05) is 18.2 Å². The van der Waals surface area contributed by atoms with E-state index in [0.29, 0.717) is 12.0 Å². The van der Waals surface area contributed by atoms with Gasteiger partial charge in [-0.25, -0.2) is 0 Å². The van der Waals surface area contributed by atoms with E-state index >= 15 is 0 Å². The molecule has 2 aliphatic heterocycles. The summed E-state index contributed by atoms with van der Waals surface area (Å²) in [6.45, 7) is 7.13. The molecule has 5 rings (SSSR count). The molecule has 3 aliphatic rings. The molecule has 2 aromatic rings. The van der Waals surface area contributed by atoms with E-state index in [-0.39, 0.29) is 5.92 Å². The van der Waals surface area contributed by atoms with E-state index in [0.717, 1.165) is 55.9 Å². The first kappa shape index (κ1) is 17.2. The Morgan fingerprint density at radius 3 is 2.96 bits per heavy atom. The maximum absolute atomic E-state index is 11.5. The smallest absolute Gasteiger partial charge is 0.123 e. The molecular formula is C23H28N2O2. The van der Waals surface area contributed by atoms with Gasteiger partial charge in [-0.2, -0.15) is 0 Å². The van der Waals surface area contributed by atoms with Crippen LogP contribution in [0.4, 0.5) is 0 Å². The molecular weight excluding hydrogens is 336 g/mol. The van der Waals surface area contributed by atoms with Crippen molar-refractivity contribution in [3.8, 4) is 5.75 Å². The lowest BCUT2D eigenvalue weighted by molar-refractivity contribution is -0.0108. The number of likely N-dealkylation sites (tertiary alicyclic amines) is 1. The van der Waals surface area contributed by atoms with E-state index in [2.05, 4.69) is 41.1 Å². The minimum Gasteiger partial charge on any atom is -0.490 e. The van der Waals surface area contributed by atoms with Gasteiger partial charge in [0, 0.05) is 38.2 Å². The highest BCUT2D eigenvalue weighted by Crippen LogP contribution is 2.50. The molecule has 4 heteroatoms. The van der Waals surface area contributed by atoms with Crippen molar-refractivity contribution in [2.24, 2.45) is 11.8 Å². The van der Waals surface area contributed by atoms with Gasteiger partial charge >= 0.3 is 0 Å². The number of benzene rings is 1. The zero-order valence-corrected chi connectivity index (χ0v) is 16.2. The van der Waals surface area contributed by atoms with Crippen LogP contribution in [0.25, 0.3) is 0 Å². The second-order valence-electron chi connectivity index (χ2n) is 8.82. The Hall–Kier alpha value is -1.91. The van der Waals surface area contributed by atoms with E-state index in [9.17, 15) is 5.11 Å². The van der Waals surface area contributed by atoms with Crippen molar-refractivity contribution >= 4 is 0 Å². The van der Waals surface area contributed by atoms with Crippen molar-refractivity contribution in [1.29, 1.82) is 0 Å². The first-order chi connectivity index (χ1) is 13.0. The summed E-state index contributed by atoms with van der Waals surface area (Å²) in [5, 5.41) is 11.5. The van der Waals surface area contributed by atoms with Crippen LogP contribution in [0.2, 0.25) is 0 Å². The third-order valence-electron chi connectivity index (χ3n) is 6.75. The van der Waals surface area contributed by atoms with Gasteiger partial charge in [0.15, 0.2) is 0 Å². The topological polar surface area (TPSA) is 45.6 Å². The van der Waals surface area contributed by atoms with E-state index in [4.69, 9.17) is 4.74 Å². The first-order valence-corrected chi connectivity index (χ1v) is 10.2. The normalized spacial score (nSPS) is 32.3. The summed E-state index contributed by atoms with van der Waals surface area (Å²) in [7, 11) is 0. The highest BCUT2D eigenvalue weighted by Gasteiger charge is 2.53. The Kier molecular flexibility index (Phi) is 4.03. The molecule has 2 fully saturated rings. The third-order valence-corrected chi connectivity index (χ3v) is 6.75. The molecule has 1 aromatic carbocycles. The summed E-state index contributed by atoms with van der Waals surface area (Å²) in [6.07, 6.45) is 5.09. The Morgan fingerprint density at radius 1 is 1.26 bits per heavy atom. The minimum absolute atomic E-state index is 0.283. The Labute approximate surface area is 161 Å². The fourth-order valence-electron chi connectivity index (χ4n) is 5.39. The molecule has 0 bridgehead atoms. The van der Waals surface area contributed by atoms with Crippen molar-refractivity contribution in [3.05, 3.63) is 58.9 Å². The van der Waals surface area contributed by atoms with Gasteiger partial charge < -0.3 is 9.84 Å². The molecule has 4 atom stereocenters. The Morgan fingerprint density at radius 2 is 2.15 bits per heavy atom. The molecule has 142 valence electrons. The van der Waals surface area contributed by atoms with Gasteiger partial charge in [0.1, 0.15) is 17.5 Å². The van der Waals surface area contributed by atoms with Crippen LogP contribution in [-0.2, 0) is 18.6 Å². The van der Waals surface area contributed by atoms with Crippen LogP contribution in [0.15, 0.2) is 36.5 Å². The van der Waals surface area contributed by atoms with Crippen molar-refractivity contribution in [3.63, 3.8) is 0 Å². The van der Waals surface area contributed by atoms with E-state index in [1.807, 2.05) is 19.2 Å². The average Bonchev–Trinajstić information content (AvgIpc) is 3.30. The van der Waals surface area contributed by atoms with Crippen LogP contribution < -0.4 is 4.74 Å². The molecule has 1 saturated heterocycles. The SMILES string of the molecule is Cc1ccc([C@@]2(O)CC[C@@H]3CN(Cc4ccc5c(c4)CC(C)O5)C[C@@H]32)nc1. The van der Waals surface area contributed by atoms with Crippen LogP contribution in [0, 0.1) is 18.8 Å². The van der Waals surface area contributed by atoms with Gasteiger partial charge in [0.05, 0.1) is 5.69 Å². The standard InChI is InChI=1S/C23H28N2O2/c1-15-3-6-22(24-11-15)23(26)8-7-18-13-25(14-20(18)23)12-17-4-5-21-19(10-17)9-16(2)27-21/h3-6,10-11,16,18,20,26H,7-9,12-14H2,1-2H3/t16?,18-,20+,23-/m1/s1. The number of fused-ring (bicyclic) bond motifs is 2. The lowest BCUT2D eigenvalue weighted by Gasteiger charge is -2.30. The number of hydrogen-bond donors (Lipinski definition) is 1. The zero-order valence-electron chi connectivity index (χ0n) is 16.2. The van der Waals surface area contributed by atoms with Gasteiger partial charge in [-0.05, 0) is 61.4 Å². The maximum atomic E-state index is 11.5. The molecule has 1 aliphatic carbocycles. The Balaban J connectivity index is 1.31. The van der Waals surface area contributed by atoms with E-state index < -0.39 is 5.60 Å². The quantitative estimate of drug-likeness (QED) is 0.906. The molecule has 0 spiro atoms. The average molecular weight is 364 g/mol. The van der Waals surface area contributed by atoms with Crippen LogP contribution >= 0.6 is 0 Å². The molecule has 0 radical (unpaired) electrons. The van der Waals surface area contributed by atoms with Crippen molar-refractivity contribution < 1.29 is 9.84 Å². The van der Waals surface area contributed by atoms with E-state index in [1.54, 1.807) is 0 Å². The lowest BCUT2D eigenvalue weighted by atomic mass is 9.85. The number of aryl methyl sites for hydroxylation is 1. The molecule has 1 N–H and O–H groups in total. The van der Waals surface area contributed by atoms with Crippen molar-refractivity contribution in [2.45, 2.75) is 51.4 Å². The summed E-state index contributed by atoms with van der Waals surface area (Å²) < 4.78 is 5.82. The van der Waals surface area contributed by atoms with Crippen LogP contribution in [0.5, 0.6) is 5.75 Å². The maximum Gasteiger partial charge on any atom is 0.123 e. The number of pyridine rings is 1. The van der Waals surface area contributed by atoms with Gasteiger partial charge in [-0.15, -0.1) is 0 Å². The number of nitrogens with zero attached hydrogens (tertiary/aromatic N) is 2. The second-order valence-corrected chi connectivity index (χ2v) is 8.82. The van der Waals surface area contributed by atoms with Gasteiger partial charge in [0.2, 0.25) is 0 Å². The fourth-order valence-corrected chi connectivity index (χ4v) is 5.39. The number of hydrogen-bond acceptors (Lipinski definition) is 4. The predicted molar refractivity (Wildman–Crippen MR) is 105 cm³/mol. The highest BCUT2D eigenvalue weighted by atomic mass is 16.5. The summed E-state index contributed by atoms with van der Waals surface area (Å²) in [6, 6.07) is 10.7. The van der Waals surface area contributed by atoms with Gasteiger partial charge in [-0.3, -0.25) is 9.88 Å². The van der Waals surface area contributed by atoms with Crippen molar-refractivity contribution in [1.82, 2.24) is 9.88 Å². The first-order valence-electron chi connectivity index (χ1n) is 10.2. The van der Waals surface area contributed by atoms with Crippen molar-refractivity contribution in [2.75, 3.05) is 13.1 Å². The molecule has 4 nitrogen and oxygen atoms in total. The molecule has 1 saturated carbocycles. The Bertz CT molecular complexity index is 850. The van der Waals surface area contributed by atoms with Crippen LogP contribution in [0.3, 0.4) is 0 Å². The highest BCUT2D eigenvalue weighted by molar-refractivity contribution is 5.40. The number of aromatic nitrogens is 1. The number of rotatable bonds is 3. The monoisotopic (exact) mass is 364 g/mol. The summed E-state index contributed by atoms with van der Waals surface area (Å²) in [4.78, 5) is 7.07. The summed E-state index contributed by atoms with van der Waals surface area (Å²) in [5.41, 5.74) is 3.91. The van der Waals surface area contributed by atoms with Crippen LogP contribution in [0.1, 0.15) is 42.1 Å². The molecule has 27 heavy (non-hydrogen) atoms. The molecule has 3 heterocycles. The summed E-state index contributed by atoms with van der Waals surface area (Å²) >= 11 is 0. The number of ether oxygens (including phenoxy) is 1. The second kappa shape index (κ2) is 6.32.